The molecule has 0 aliphatic heterocycles. The Balaban J connectivity index is 2.81. The maximum Gasteiger partial charge on any atom is 0.0230 e. The fourth-order valence-electron chi connectivity index (χ4n) is 1.84. The van der Waals surface area contributed by atoms with Gasteiger partial charge in [0, 0.05) is 1.37 Å². The highest BCUT2D eigenvalue weighted by atomic mass is 14.0. The van der Waals surface area contributed by atoms with Gasteiger partial charge >= 0.3 is 0 Å². The van der Waals surface area contributed by atoms with Gasteiger partial charge in [-0.15, -0.1) is 0 Å². The average Bonchev–Trinajstić information content (AvgIpc) is 2.26. The average molecular weight is 199 g/mol. The summed E-state index contributed by atoms with van der Waals surface area (Å²) in [5.74, 6) is 0. The Hall–Kier alpha value is 0. The zero-order valence-corrected chi connectivity index (χ0v) is 10.2. The molecule has 86 valence electrons. The second-order valence-corrected chi connectivity index (χ2v) is 4.39. The summed E-state index contributed by atoms with van der Waals surface area (Å²) in [7, 11) is 0. The van der Waals surface area contributed by atoms with E-state index >= 15 is 0 Å². The standard InChI is InChI=1S/C14H30/c1-3-5-7-9-11-13-14-12-10-8-6-4-2/h3-14H2,1-2H3/i1D. The molecule has 0 rings (SSSR count). The quantitative estimate of drug-likeness (QED) is 0.374. The highest BCUT2D eigenvalue weighted by Crippen LogP contribution is 2.11. The molecule has 0 aliphatic carbocycles. The van der Waals surface area contributed by atoms with Crippen molar-refractivity contribution in [3.8, 4) is 0 Å². The smallest absolute Gasteiger partial charge is 0.0230 e. The topological polar surface area (TPSA) is 0 Å². The van der Waals surface area contributed by atoms with Gasteiger partial charge in [0.25, 0.3) is 0 Å². The van der Waals surface area contributed by atoms with Gasteiger partial charge in [0.05, 0.1) is 0 Å². The molecule has 0 aromatic heterocycles. The SMILES string of the molecule is [2H]CCCCCCCCCCCCCC. The van der Waals surface area contributed by atoms with Crippen molar-refractivity contribution in [3.05, 3.63) is 0 Å². The number of hydrogen-bond acceptors (Lipinski definition) is 0. The summed E-state index contributed by atoms with van der Waals surface area (Å²) in [5.41, 5.74) is 0. The Morgan fingerprint density at radius 3 is 1.29 bits per heavy atom. The van der Waals surface area contributed by atoms with Gasteiger partial charge in [-0.2, -0.15) is 0 Å². The van der Waals surface area contributed by atoms with Crippen LogP contribution >= 0.6 is 0 Å². The molecule has 0 aromatic carbocycles. The molecule has 0 unspecified atom stereocenters. The summed E-state index contributed by atoms with van der Waals surface area (Å²) in [4.78, 5) is 0. The molecule has 14 heavy (non-hydrogen) atoms. The van der Waals surface area contributed by atoms with Gasteiger partial charge in [0.1, 0.15) is 0 Å². The van der Waals surface area contributed by atoms with Crippen LogP contribution in [0.1, 0.15) is 92.2 Å². The van der Waals surface area contributed by atoms with E-state index in [2.05, 4.69) is 6.92 Å². The minimum absolute atomic E-state index is 0.622. The van der Waals surface area contributed by atoms with Crippen molar-refractivity contribution in [3.63, 3.8) is 0 Å². The summed E-state index contributed by atoms with van der Waals surface area (Å²) < 4.78 is 7.03. The lowest BCUT2D eigenvalue weighted by molar-refractivity contribution is 0.548. The van der Waals surface area contributed by atoms with Crippen molar-refractivity contribution >= 4 is 0 Å². The van der Waals surface area contributed by atoms with Crippen molar-refractivity contribution in [1.82, 2.24) is 0 Å². The minimum Gasteiger partial charge on any atom is -0.0654 e. The summed E-state index contributed by atoms with van der Waals surface area (Å²) in [6.07, 6.45) is 16.6. The van der Waals surface area contributed by atoms with Crippen LogP contribution in [0.15, 0.2) is 0 Å². The zero-order chi connectivity index (χ0) is 11.2. The van der Waals surface area contributed by atoms with Gasteiger partial charge in [0.15, 0.2) is 0 Å². The van der Waals surface area contributed by atoms with Crippen LogP contribution in [0.5, 0.6) is 0 Å². The molecular formula is C14H30. The first-order valence-electron chi connectivity index (χ1n) is 7.41. The van der Waals surface area contributed by atoms with Crippen LogP contribution in [0.3, 0.4) is 0 Å². The molecule has 0 amide bonds. The lowest BCUT2D eigenvalue weighted by Crippen LogP contribution is -1.81. The maximum atomic E-state index is 7.03. The minimum atomic E-state index is 0.622. The molecule has 0 heterocycles. The molecule has 0 saturated carbocycles. The molecule has 0 fully saturated rings. The van der Waals surface area contributed by atoms with Gasteiger partial charge in [-0.3, -0.25) is 0 Å². The van der Waals surface area contributed by atoms with E-state index in [1.165, 1.54) is 70.6 Å². The Bertz CT molecular complexity index is 89.5. The summed E-state index contributed by atoms with van der Waals surface area (Å²) in [6.45, 7) is 2.90. The van der Waals surface area contributed by atoms with E-state index in [-0.39, 0.29) is 0 Å². The van der Waals surface area contributed by atoms with E-state index in [0.717, 1.165) is 6.42 Å². The van der Waals surface area contributed by atoms with Crippen molar-refractivity contribution in [1.29, 1.82) is 0 Å². The second kappa shape index (κ2) is 13.0. The van der Waals surface area contributed by atoms with Gasteiger partial charge in [-0.25, -0.2) is 0 Å². The van der Waals surface area contributed by atoms with Crippen LogP contribution in [0.25, 0.3) is 0 Å². The predicted molar refractivity (Wildman–Crippen MR) is 66.8 cm³/mol. The molecular weight excluding hydrogens is 168 g/mol. The van der Waals surface area contributed by atoms with Crippen LogP contribution < -0.4 is 0 Å². The third-order valence-electron chi connectivity index (χ3n) is 2.85. The summed E-state index contributed by atoms with van der Waals surface area (Å²) in [6, 6.07) is 0. The Kier molecular flexibility index (Phi) is 11.2. The van der Waals surface area contributed by atoms with E-state index in [4.69, 9.17) is 1.37 Å². The molecule has 0 nitrogen and oxygen atoms in total. The highest BCUT2D eigenvalue weighted by molar-refractivity contribution is 4.47. The first-order chi connectivity index (χ1) is 7.41. The Morgan fingerprint density at radius 1 is 0.571 bits per heavy atom. The van der Waals surface area contributed by atoms with Crippen LogP contribution in [0.4, 0.5) is 0 Å². The van der Waals surface area contributed by atoms with E-state index < -0.39 is 0 Å². The molecule has 0 heteroatoms. The summed E-state index contributed by atoms with van der Waals surface area (Å²) in [5, 5.41) is 0. The third kappa shape index (κ3) is 12.0. The second-order valence-electron chi connectivity index (χ2n) is 4.39. The maximum absolute atomic E-state index is 7.03. The Labute approximate surface area is 92.9 Å². The van der Waals surface area contributed by atoms with E-state index in [1.54, 1.807) is 0 Å². The molecule has 0 saturated heterocycles. The van der Waals surface area contributed by atoms with Crippen LogP contribution in [0.2, 0.25) is 0 Å². The monoisotopic (exact) mass is 199 g/mol. The Morgan fingerprint density at radius 2 is 0.929 bits per heavy atom. The van der Waals surface area contributed by atoms with Crippen LogP contribution in [0, 0.1) is 0 Å². The number of rotatable bonds is 11. The molecule has 0 bridgehead atoms. The summed E-state index contributed by atoms with van der Waals surface area (Å²) >= 11 is 0. The third-order valence-corrected chi connectivity index (χ3v) is 2.85. The van der Waals surface area contributed by atoms with E-state index in [9.17, 15) is 0 Å². The van der Waals surface area contributed by atoms with Gasteiger partial charge in [-0.1, -0.05) is 90.9 Å². The number of hydrogen-bond donors (Lipinski definition) is 0. The molecule has 0 spiro atoms. The van der Waals surface area contributed by atoms with Crippen molar-refractivity contribution < 1.29 is 1.37 Å². The van der Waals surface area contributed by atoms with E-state index in [0.29, 0.717) is 6.90 Å². The van der Waals surface area contributed by atoms with Crippen LogP contribution in [-0.2, 0) is 0 Å². The molecule has 0 radical (unpaired) electrons. The fraction of sp³-hybridized carbons (Fsp3) is 1.00. The van der Waals surface area contributed by atoms with Crippen molar-refractivity contribution in [2.45, 2.75) is 90.9 Å². The fourth-order valence-corrected chi connectivity index (χ4v) is 1.84. The van der Waals surface area contributed by atoms with Gasteiger partial charge < -0.3 is 0 Å². The van der Waals surface area contributed by atoms with Crippen LogP contribution in [-0.4, -0.2) is 0 Å². The zero-order valence-electron chi connectivity index (χ0n) is 11.2. The van der Waals surface area contributed by atoms with Crippen molar-refractivity contribution in [2.75, 3.05) is 0 Å². The normalized spacial score (nSPS) is 11.6. The number of unbranched alkanes of at least 4 members (excludes halogenated alkanes) is 11. The lowest BCUT2D eigenvalue weighted by atomic mass is 10.1. The predicted octanol–water partition coefficient (Wildman–Crippen LogP) is 5.71. The first kappa shape index (κ1) is 12.1. The molecule has 0 aromatic rings. The van der Waals surface area contributed by atoms with Gasteiger partial charge in [-0.05, 0) is 0 Å². The van der Waals surface area contributed by atoms with Gasteiger partial charge in [0.2, 0.25) is 0 Å². The molecule has 0 N–H and O–H groups in total. The van der Waals surface area contributed by atoms with Crippen molar-refractivity contribution in [2.24, 2.45) is 0 Å². The molecule has 0 atom stereocenters. The highest BCUT2D eigenvalue weighted by Gasteiger charge is 1.91. The molecule has 0 aliphatic rings. The first-order valence-corrected chi connectivity index (χ1v) is 6.71. The largest absolute Gasteiger partial charge is 0.0654 e. The lowest BCUT2D eigenvalue weighted by Gasteiger charge is -2.01. The van der Waals surface area contributed by atoms with E-state index in [1.807, 2.05) is 0 Å².